The highest BCUT2D eigenvalue weighted by Crippen LogP contribution is 2.25. The van der Waals surface area contributed by atoms with Crippen molar-refractivity contribution in [3.05, 3.63) is 59.7 Å². The Morgan fingerprint density at radius 3 is 2.17 bits per heavy atom. The van der Waals surface area contributed by atoms with E-state index in [-0.39, 0.29) is 12.5 Å². The van der Waals surface area contributed by atoms with E-state index in [1.165, 1.54) is 16.8 Å². The van der Waals surface area contributed by atoms with Gasteiger partial charge in [0, 0.05) is 31.9 Å². The van der Waals surface area contributed by atoms with Gasteiger partial charge < -0.3 is 14.5 Å². The maximum Gasteiger partial charge on any atom is 0.260 e. The van der Waals surface area contributed by atoms with Gasteiger partial charge in [0.2, 0.25) is 0 Å². The first kappa shape index (κ1) is 16.4. The van der Waals surface area contributed by atoms with Crippen LogP contribution in [0.1, 0.15) is 11.1 Å². The lowest BCUT2D eigenvalue weighted by atomic mass is 10.1. The molecule has 4 nitrogen and oxygen atoms in total. The van der Waals surface area contributed by atoms with Crippen molar-refractivity contribution < 1.29 is 9.53 Å². The van der Waals surface area contributed by atoms with E-state index >= 15 is 0 Å². The molecule has 0 aromatic heterocycles. The van der Waals surface area contributed by atoms with Crippen LogP contribution < -0.4 is 9.64 Å². The van der Waals surface area contributed by atoms with E-state index in [1.807, 2.05) is 35.2 Å². The number of amides is 1. The summed E-state index contributed by atoms with van der Waals surface area (Å²) in [5.74, 6) is 0.792. The molecule has 1 heterocycles. The van der Waals surface area contributed by atoms with Gasteiger partial charge in [-0.05, 0) is 37.1 Å². The predicted molar refractivity (Wildman–Crippen MR) is 96.6 cm³/mol. The molecule has 3 rings (SSSR count). The molecule has 1 aliphatic rings. The number of ether oxygens (including phenoxy) is 1. The second kappa shape index (κ2) is 7.39. The van der Waals surface area contributed by atoms with E-state index in [2.05, 4.69) is 36.9 Å². The minimum Gasteiger partial charge on any atom is -0.484 e. The van der Waals surface area contributed by atoms with E-state index < -0.39 is 0 Å². The molecule has 0 saturated carbocycles. The fraction of sp³-hybridized carbons (Fsp3) is 0.350. The van der Waals surface area contributed by atoms with Gasteiger partial charge in [0.15, 0.2) is 6.61 Å². The van der Waals surface area contributed by atoms with Crippen LogP contribution in [0.2, 0.25) is 0 Å². The standard InChI is InChI=1S/C20H24N2O2/c1-16-7-6-8-17(2)20(16)22-13-11-21(12-14-22)19(23)15-24-18-9-4-3-5-10-18/h3-10H,11-15H2,1-2H3. The molecule has 126 valence electrons. The van der Waals surface area contributed by atoms with Crippen molar-refractivity contribution in [1.29, 1.82) is 0 Å². The van der Waals surface area contributed by atoms with Gasteiger partial charge in [-0.25, -0.2) is 0 Å². The van der Waals surface area contributed by atoms with Gasteiger partial charge in [-0.3, -0.25) is 4.79 Å². The lowest BCUT2D eigenvalue weighted by Gasteiger charge is -2.37. The summed E-state index contributed by atoms with van der Waals surface area (Å²) >= 11 is 0. The van der Waals surface area contributed by atoms with Crippen molar-refractivity contribution in [3.8, 4) is 5.75 Å². The van der Waals surface area contributed by atoms with Crippen LogP contribution in [0, 0.1) is 13.8 Å². The molecular weight excluding hydrogens is 300 g/mol. The number of hydrogen-bond donors (Lipinski definition) is 0. The summed E-state index contributed by atoms with van der Waals surface area (Å²) in [7, 11) is 0. The number of piperazine rings is 1. The highest BCUT2D eigenvalue weighted by molar-refractivity contribution is 5.78. The Hall–Kier alpha value is -2.49. The molecule has 0 aliphatic carbocycles. The van der Waals surface area contributed by atoms with E-state index in [9.17, 15) is 4.79 Å². The summed E-state index contributed by atoms with van der Waals surface area (Å²) < 4.78 is 5.57. The Bertz CT molecular complexity index is 672. The first-order valence-electron chi connectivity index (χ1n) is 8.42. The molecule has 0 unspecified atom stereocenters. The zero-order valence-corrected chi connectivity index (χ0v) is 14.4. The van der Waals surface area contributed by atoms with Gasteiger partial charge in [-0.1, -0.05) is 36.4 Å². The zero-order chi connectivity index (χ0) is 16.9. The molecule has 1 saturated heterocycles. The summed E-state index contributed by atoms with van der Waals surface area (Å²) in [5, 5.41) is 0. The fourth-order valence-corrected chi connectivity index (χ4v) is 3.24. The molecule has 0 spiro atoms. The first-order valence-corrected chi connectivity index (χ1v) is 8.42. The summed E-state index contributed by atoms with van der Waals surface area (Å²) in [6.07, 6.45) is 0. The number of aryl methyl sites for hydroxylation is 2. The molecule has 24 heavy (non-hydrogen) atoms. The minimum atomic E-state index is 0.0556. The fourth-order valence-electron chi connectivity index (χ4n) is 3.24. The van der Waals surface area contributed by atoms with E-state index in [0.29, 0.717) is 0 Å². The van der Waals surface area contributed by atoms with Crippen LogP contribution >= 0.6 is 0 Å². The lowest BCUT2D eigenvalue weighted by Crippen LogP contribution is -2.50. The molecule has 4 heteroatoms. The molecule has 0 N–H and O–H groups in total. The van der Waals surface area contributed by atoms with Crippen LogP contribution in [0.25, 0.3) is 0 Å². The molecular formula is C20H24N2O2. The van der Waals surface area contributed by atoms with E-state index in [1.54, 1.807) is 0 Å². The molecule has 0 radical (unpaired) electrons. The molecule has 1 amide bonds. The van der Waals surface area contributed by atoms with Crippen molar-refractivity contribution in [2.24, 2.45) is 0 Å². The Kier molecular flexibility index (Phi) is 5.04. The van der Waals surface area contributed by atoms with Gasteiger partial charge in [0.05, 0.1) is 0 Å². The van der Waals surface area contributed by atoms with Crippen LogP contribution in [0.3, 0.4) is 0 Å². The number of hydrogen-bond acceptors (Lipinski definition) is 3. The van der Waals surface area contributed by atoms with Gasteiger partial charge in [-0.15, -0.1) is 0 Å². The Balaban J connectivity index is 1.54. The zero-order valence-electron chi connectivity index (χ0n) is 14.4. The summed E-state index contributed by atoms with van der Waals surface area (Å²) in [6.45, 7) is 7.61. The SMILES string of the molecule is Cc1cccc(C)c1N1CCN(C(=O)COc2ccccc2)CC1. The van der Waals surface area contributed by atoms with Gasteiger partial charge in [0.1, 0.15) is 5.75 Å². The number of rotatable bonds is 4. The summed E-state index contributed by atoms with van der Waals surface area (Å²) in [5.41, 5.74) is 3.90. The first-order chi connectivity index (χ1) is 11.6. The highest BCUT2D eigenvalue weighted by atomic mass is 16.5. The van der Waals surface area contributed by atoms with Crippen LogP contribution in [0.4, 0.5) is 5.69 Å². The number of anilines is 1. The van der Waals surface area contributed by atoms with E-state index in [4.69, 9.17) is 4.74 Å². The average molecular weight is 324 g/mol. The molecule has 2 aromatic rings. The average Bonchev–Trinajstić information content (AvgIpc) is 2.61. The molecule has 2 aromatic carbocycles. The topological polar surface area (TPSA) is 32.8 Å². The van der Waals surface area contributed by atoms with Crippen molar-refractivity contribution in [1.82, 2.24) is 4.90 Å². The Morgan fingerprint density at radius 2 is 1.54 bits per heavy atom. The lowest BCUT2D eigenvalue weighted by molar-refractivity contribution is -0.133. The van der Waals surface area contributed by atoms with Gasteiger partial charge in [-0.2, -0.15) is 0 Å². The third-order valence-electron chi connectivity index (χ3n) is 4.49. The maximum absolute atomic E-state index is 12.3. The van der Waals surface area contributed by atoms with Gasteiger partial charge in [0.25, 0.3) is 5.91 Å². The molecule has 1 fully saturated rings. The summed E-state index contributed by atoms with van der Waals surface area (Å²) in [6, 6.07) is 15.9. The largest absolute Gasteiger partial charge is 0.484 e. The van der Waals surface area contributed by atoms with Crippen molar-refractivity contribution in [2.45, 2.75) is 13.8 Å². The number of benzene rings is 2. The second-order valence-electron chi connectivity index (χ2n) is 6.21. The second-order valence-corrected chi connectivity index (χ2v) is 6.21. The number of carbonyl (C=O) groups excluding carboxylic acids is 1. The number of para-hydroxylation sites is 2. The van der Waals surface area contributed by atoms with Crippen LogP contribution in [-0.4, -0.2) is 43.6 Å². The summed E-state index contributed by atoms with van der Waals surface area (Å²) in [4.78, 5) is 16.6. The smallest absolute Gasteiger partial charge is 0.260 e. The predicted octanol–water partition coefficient (Wildman–Crippen LogP) is 3.03. The van der Waals surface area contributed by atoms with Crippen LogP contribution in [-0.2, 0) is 4.79 Å². The Labute approximate surface area is 143 Å². The van der Waals surface area contributed by atoms with Crippen molar-refractivity contribution in [2.75, 3.05) is 37.7 Å². The minimum absolute atomic E-state index is 0.0556. The molecule has 0 bridgehead atoms. The van der Waals surface area contributed by atoms with Gasteiger partial charge >= 0.3 is 0 Å². The van der Waals surface area contributed by atoms with E-state index in [0.717, 1.165) is 31.9 Å². The quantitative estimate of drug-likeness (QED) is 0.867. The third-order valence-corrected chi connectivity index (χ3v) is 4.49. The van der Waals surface area contributed by atoms with Crippen molar-refractivity contribution in [3.63, 3.8) is 0 Å². The molecule has 1 aliphatic heterocycles. The third kappa shape index (κ3) is 3.70. The Morgan fingerprint density at radius 1 is 0.917 bits per heavy atom. The molecule has 0 atom stereocenters. The van der Waals surface area contributed by atoms with Crippen molar-refractivity contribution >= 4 is 11.6 Å². The van der Waals surface area contributed by atoms with Crippen LogP contribution in [0.15, 0.2) is 48.5 Å². The monoisotopic (exact) mass is 324 g/mol. The number of nitrogens with zero attached hydrogens (tertiary/aromatic N) is 2. The number of carbonyl (C=O) groups is 1. The normalized spacial score (nSPS) is 14.6. The maximum atomic E-state index is 12.3. The highest BCUT2D eigenvalue weighted by Gasteiger charge is 2.23. The van der Waals surface area contributed by atoms with Crippen LogP contribution in [0.5, 0.6) is 5.75 Å².